The highest BCUT2D eigenvalue weighted by Gasteiger charge is 2.10. The van der Waals surface area contributed by atoms with Gasteiger partial charge in [-0.15, -0.1) is 0 Å². The molecule has 0 aliphatic carbocycles. The second-order valence-corrected chi connectivity index (χ2v) is 6.74. The summed E-state index contributed by atoms with van der Waals surface area (Å²) in [5.41, 5.74) is 3.20. The predicted octanol–water partition coefficient (Wildman–Crippen LogP) is 3.76. The van der Waals surface area contributed by atoms with Crippen LogP contribution in [0.3, 0.4) is 0 Å². The van der Waals surface area contributed by atoms with Crippen LogP contribution in [0.5, 0.6) is 0 Å². The smallest absolute Gasteiger partial charge is 0.191 e. The van der Waals surface area contributed by atoms with Crippen molar-refractivity contribution in [3.05, 3.63) is 66.2 Å². The van der Waals surface area contributed by atoms with Gasteiger partial charge in [-0.1, -0.05) is 43.7 Å². The molecule has 0 radical (unpaired) electrons. The monoisotopic (exact) mass is 379 g/mol. The van der Waals surface area contributed by atoms with E-state index in [1.807, 2.05) is 48.3 Å². The van der Waals surface area contributed by atoms with Gasteiger partial charge in [0.1, 0.15) is 5.76 Å². The Labute approximate surface area is 166 Å². The molecule has 148 valence electrons. The van der Waals surface area contributed by atoms with Crippen LogP contribution in [0.4, 0.5) is 0 Å². The van der Waals surface area contributed by atoms with Crippen LogP contribution in [0, 0.1) is 0 Å². The molecule has 0 amide bonds. The normalized spacial score (nSPS) is 11.6. The summed E-state index contributed by atoms with van der Waals surface area (Å²) in [7, 11) is 1.95. The van der Waals surface area contributed by atoms with E-state index in [9.17, 15) is 0 Å². The van der Waals surface area contributed by atoms with Crippen molar-refractivity contribution in [1.82, 2.24) is 20.4 Å². The van der Waals surface area contributed by atoms with E-state index in [1.165, 1.54) is 0 Å². The molecule has 1 aromatic carbocycles. The number of aliphatic imine (C=N–C) groups is 1. The van der Waals surface area contributed by atoms with Crippen molar-refractivity contribution in [3.63, 3.8) is 0 Å². The molecule has 3 aromatic rings. The minimum atomic E-state index is 0.570. The molecule has 0 atom stereocenters. The standard InChI is InChI=1S/C22H29N5O/c1-3-4-13-23-22(24-14-12-20-11-8-15-28-20)25-16-19-17-27(2)26-21(19)18-9-6-5-7-10-18/h5-11,15,17H,3-4,12-14,16H2,1-2H3,(H2,23,24,25). The Bertz CT molecular complexity index is 852. The van der Waals surface area contributed by atoms with Crippen molar-refractivity contribution in [2.75, 3.05) is 13.1 Å². The summed E-state index contributed by atoms with van der Waals surface area (Å²) in [4.78, 5) is 4.79. The van der Waals surface area contributed by atoms with Crippen LogP contribution in [0.2, 0.25) is 0 Å². The Hall–Kier alpha value is -3.02. The molecule has 2 heterocycles. The van der Waals surface area contributed by atoms with Crippen LogP contribution in [-0.4, -0.2) is 28.8 Å². The van der Waals surface area contributed by atoms with E-state index in [-0.39, 0.29) is 0 Å². The zero-order chi connectivity index (χ0) is 19.6. The number of guanidine groups is 1. The third-order valence-electron chi connectivity index (χ3n) is 4.43. The average Bonchev–Trinajstić information content (AvgIpc) is 3.36. The van der Waals surface area contributed by atoms with Gasteiger partial charge in [0, 0.05) is 43.9 Å². The number of benzene rings is 1. The Balaban J connectivity index is 1.67. The summed E-state index contributed by atoms with van der Waals surface area (Å²) in [5, 5.41) is 11.4. The summed E-state index contributed by atoms with van der Waals surface area (Å²) in [5.74, 6) is 1.79. The molecule has 0 saturated heterocycles. The van der Waals surface area contributed by atoms with Crippen LogP contribution in [0.25, 0.3) is 11.3 Å². The summed E-state index contributed by atoms with van der Waals surface area (Å²) in [6.45, 7) is 4.43. The quantitative estimate of drug-likeness (QED) is 0.337. The Morgan fingerprint density at radius 2 is 1.93 bits per heavy atom. The van der Waals surface area contributed by atoms with Crippen molar-refractivity contribution in [1.29, 1.82) is 0 Å². The molecule has 0 aliphatic heterocycles. The van der Waals surface area contributed by atoms with Gasteiger partial charge in [-0.2, -0.15) is 5.10 Å². The molecule has 6 heteroatoms. The van der Waals surface area contributed by atoms with Gasteiger partial charge in [-0.3, -0.25) is 4.68 Å². The molecular formula is C22H29N5O. The average molecular weight is 380 g/mol. The summed E-state index contributed by atoms with van der Waals surface area (Å²) in [6, 6.07) is 14.1. The number of hydrogen-bond donors (Lipinski definition) is 2. The minimum absolute atomic E-state index is 0.570. The highest BCUT2D eigenvalue weighted by molar-refractivity contribution is 5.80. The maximum Gasteiger partial charge on any atom is 0.191 e. The number of hydrogen-bond acceptors (Lipinski definition) is 3. The predicted molar refractivity (Wildman–Crippen MR) is 113 cm³/mol. The zero-order valence-corrected chi connectivity index (χ0v) is 16.7. The molecule has 0 saturated carbocycles. The number of unbranched alkanes of at least 4 members (excludes halogenated alkanes) is 1. The Morgan fingerprint density at radius 3 is 2.68 bits per heavy atom. The van der Waals surface area contributed by atoms with E-state index in [4.69, 9.17) is 9.41 Å². The molecule has 0 fully saturated rings. The van der Waals surface area contributed by atoms with Gasteiger partial charge >= 0.3 is 0 Å². The molecule has 0 bridgehead atoms. The SMILES string of the molecule is CCCCNC(=NCc1cn(C)nc1-c1ccccc1)NCCc1ccco1. The third-order valence-corrected chi connectivity index (χ3v) is 4.43. The van der Waals surface area contributed by atoms with Gasteiger partial charge in [0.2, 0.25) is 0 Å². The molecule has 0 spiro atoms. The highest BCUT2D eigenvalue weighted by Crippen LogP contribution is 2.22. The molecule has 0 aliphatic rings. The zero-order valence-electron chi connectivity index (χ0n) is 16.7. The number of nitrogens with zero attached hydrogens (tertiary/aromatic N) is 3. The van der Waals surface area contributed by atoms with Gasteiger partial charge < -0.3 is 15.1 Å². The van der Waals surface area contributed by atoms with Gasteiger partial charge in [-0.05, 0) is 18.6 Å². The number of aromatic nitrogens is 2. The van der Waals surface area contributed by atoms with Crippen LogP contribution in [-0.2, 0) is 20.0 Å². The minimum Gasteiger partial charge on any atom is -0.469 e. The van der Waals surface area contributed by atoms with E-state index in [0.717, 1.165) is 60.9 Å². The Morgan fingerprint density at radius 1 is 1.11 bits per heavy atom. The molecule has 3 rings (SSSR count). The maximum absolute atomic E-state index is 5.40. The Kier molecular flexibility index (Phi) is 7.29. The fraction of sp³-hybridized carbons (Fsp3) is 0.364. The first-order valence-electron chi connectivity index (χ1n) is 9.88. The maximum atomic E-state index is 5.40. The largest absolute Gasteiger partial charge is 0.469 e. The second-order valence-electron chi connectivity index (χ2n) is 6.74. The number of aryl methyl sites for hydroxylation is 1. The number of rotatable bonds is 9. The first kappa shape index (κ1) is 19.7. The molecule has 2 N–H and O–H groups in total. The summed E-state index contributed by atoms with van der Waals surface area (Å²) in [6.07, 6.45) is 6.83. The lowest BCUT2D eigenvalue weighted by Crippen LogP contribution is -2.38. The molecule has 6 nitrogen and oxygen atoms in total. The van der Waals surface area contributed by atoms with Crippen molar-refractivity contribution < 1.29 is 4.42 Å². The van der Waals surface area contributed by atoms with E-state index >= 15 is 0 Å². The first-order chi connectivity index (χ1) is 13.8. The lowest BCUT2D eigenvalue weighted by Gasteiger charge is -2.12. The third kappa shape index (κ3) is 5.74. The van der Waals surface area contributed by atoms with Gasteiger partial charge in [0.05, 0.1) is 18.5 Å². The van der Waals surface area contributed by atoms with Crippen molar-refractivity contribution in [2.45, 2.75) is 32.7 Å². The van der Waals surface area contributed by atoms with Crippen LogP contribution in [0.1, 0.15) is 31.1 Å². The van der Waals surface area contributed by atoms with E-state index in [0.29, 0.717) is 6.54 Å². The molecule has 28 heavy (non-hydrogen) atoms. The number of nitrogens with one attached hydrogen (secondary N) is 2. The fourth-order valence-electron chi connectivity index (χ4n) is 2.97. The van der Waals surface area contributed by atoms with Crippen LogP contribution >= 0.6 is 0 Å². The van der Waals surface area contributed by atoms with Crippen LogP contribution < -0.4 is 10.6 Å². The topological polar surface area (TPSA) is 67.4 Å². The van der Waals surface area contributed by atoms with Crippen LogP contribution in [0.15, 0.2) is 64.3 Å². The fourth-order valence-corrected chi connectivity index (χ4v) is 2.97. The van der Waals surface area contributed by atoms with E-state index in [2.05, 4.69) is 34.8 Å². The van der Waals surface area contributed by atoms with Gasteiger partial charge in [0.25, 0.3) is 0 Å². The van der Waals surface area contributed by atoms with E-state index < -0.39 is 0 Å². The summed E-state index contributed by atoms with van der Waals surface area (Å²) < 4.78 is 7.25. The lowest BCUT2D eigenvalue weighted by atomic mass is 10.1. The lowest BCUT2D eigenvalue weighted by molar-refractivity contribution is 0.506. The van der Waals surface area contributed by atoms with Gasteiger partial charge in [0.15, 0.2) is 5.96 Å². The van der Waals surface area contributed by atoms with Crippen molar-refractivity contribution >= 4 is 5.96 Å². The molecule has 2 aromatic heterocycles. The van der Waals surface area contributed by atoms with E-state index in [1.54, 1.807) is 6.26 Å². The second kappa shape index (κ2) is 10.3. The van der Waals surface area contributed by atoms with Crippen molar-refractivity contribution in [3.8, 4) is 11.3 Å². The molecule has 0 unspecified atom stereocenters. The number of furan rings is 1. The molecular weight excluding hydrogens is 350 g/mol. The first-order valence-corrected chi connectivity index (χ1v) is 9.88. The van der Waals surface area contributed by atoms with Gasteiger partial charge in [-0.25, -0.2) is 4.99 Å². The highest BCUT2D eigenvalue weighted by atomic mass is 16.3. The summed E-state index contributed by atoms with van der Waals surface area (Å²) >= 11 is 0. The van der Waals surface area contributed by atoms with Crippen molar-refractivity contribution in [2.24, 2.45) is 12.0 Å².